The molecule has 0 heterocycles. The second kappa shape index (κ2) is 2.98. The Labute approximate surface area is 55.6 Å². The third-order valence-corrected chi connectivity index (χ3v) is 2.37. The number of primary sulfonamides is 1. The highest BCUT2D eigenvalue weighted by molar-refractivity contribution is 7.89. The summed E-state index contributed by atoms with van der Waals surface area (Å²) in [5, 5.41) is 4.28. The fourth-order valence-electron chi connectivity index (χ4n) is 0.369. The first kappa shape index (κ1) is 8.65. The summed E-state index contributed by atoms with van der Waals surface area (Å²) in [6.07, 6.45) is 1.95. The molecule has 54 valence electrons. The fourth-order valence-corrected chi connectivity index (χ4v) is 0.773. The van der Waals surface area contributed by atoms with Crippen molar-refractivity contribution in [3.63, 3.8) is 0 Å². The highest BCUT2D eigenvalue weighted by Crippen LogP contribution is 1.99. The zero-order chi connectivity index (χ0) is 7.49. The van der Waals surface area contributed by atoms with Crippen molar-refractivity contribution in [3.8, 4) is 0 Å². The lowest BCUT2D eigenvalue weighted by Gasteiger charge is -2.02. The van der Waals surface area contributed by atoms with E-state index in [1.54, 1.807) is 6.92 Å². The molecule has 0 saturated heterocycles. The van der Waals surface area contributed by atoms with Crippen LogP contribution in [0.25, 0.3) is 0 Å². The van der Waals surface area contributed by atoms with Gasteiger partial charge in [0.15, 0.2) is 0 Å². The topological polar surface area (TPSA) is 60.2 Å². The van der Waals surface area contributed by atoms with Gasteiger partial charge in [0, 0.05) is 0 Å². The Hall–Kier alpha value is -0.350. The van der Waals surface area contributed by atoms with Gasteiger partial charge in [-0.05, 0) is 13.3 Å². The van der Waals surface area contributed by atoms with Crippen molar-refractivity contribution in [2.45, 2.75) is 18.6 Å². The number of hydrogen-bond acceptors (Lipinski definition) is 2. The first-order valence-corrected chi connectivity index (χ1v) is 4.22. The van der Waals surface area contributed by atoms with Gasteiger partial charge in [0.05, 0.1) is 5.25 Å². The maximum Gasteiger partial charge on any atom is 0.211 e. The van der Waals surface area contributed by atoms with Gasteiger partial charge in [-0.2, -0.15) is 0 Å². The number of allylic oxidation sites excluding steroid dienone is 1. The molecule has 0 aliphatic carbocycles. The maximum atomic E-state index is 10.5. The Morgan fingerprint density at radius 2 is 2.22 bits per heavy atom. The van der Waals surface area contributed by atoms with Crippen LogP contribution < -0.4 is 5.14 Å². The highest BCUT2D eigenvalue weighted by atomic mass is 32.2. The minimum atomic E-state index is -3.34. The summed E-state index contributed by atoms with van der Waals surface area (Å²) in [5.41, 5.74) is 0. The summed E-state index contributed by atoms with van der Waals surface area (Å²) in [6.45, 7) is 4.95. The van der Waals surface area contributed by atoms with Gasteiger partial charge in [-0.25, -0.2) is 13.6 Å². The Morgan fingerprint density at radius 1 is 1.78 bits per heavy atom. The van der Waals surface area contributed by atoms with Gasteiger partial charge in [-0.15, -0.1) is 6.58 Å². The van der Waals surface area contributed by atoms with E-state index in [0.717, 1.165) is 0 Å². The second-order valence-electron chi connectivity index (χ2n) is 1.92. The number of rotatable bonds is 3. The maximum absolute atomic E-state index is 10.5. The lowest BCUT2D eigenvalue weighted by molar-refractivity contribution is 0.585. The Balaban J connectivity index is 4.05. The molecule has 0 bridgehead atoms. The molecule has 0 aromatic rings. The summed E-state index contributed by atoms with van der Waals surface area (Å²) in [5.74, 6) is 0. The second-order valence-corrected chi connectivity index (χ2v) is 3.91. The molecule has 9 heavy (non-hydrogen) atoms. The molecule has 0 aliphatic heterocycles. The van der Waals surface area contributed by atoms with E-state index >= 15 is 0 Å². The minimum Gasteiger partial charge on any atom is -0.228 e. The van der Waals surface area contributed by atoms with Crippen molar-refractivity contribution in [2.24, 2.45) is 5.14 Å². The van der Waals surface area contributed by atoms with Crippen LogP contribution in [0.2, 0.25) is 0 Å². The van der Waals surface area contributed by atoms with E-state index in [0.29, 0.717) is 6.42 Å². The van der Waals surface area contributed by atoms with Crippen LogP contribution in [0.3, 0.4) is 0 Å². The van der Waals surface area contributed by atoms with Crippen LogP contribution in [-0.4, -0.2) is 13.7 Å². The number of hydrogen-bond donors (Lipinski definition) is 1. The van der Waals surface area contributed by atoms with E-state index in [4.69, 9.17) is 5.14 Å². The first-order valence-electron chi connectivity index (χ1n) is 2.61. The van der Waals surface area contributed by atoms with Crippen molar-refractivity contribution in [1.29, 1.82) is 0 Å². The molecule has 2 N–H and O–H groups in total. The molecular formula is C5H11NO2S. The minimum absolute atomic E-state index is 0.416. The summed E-state index contributed by atoms with van der Waals surface area (Å²) in [7, 11) is -3.34. The third kappa shape index (κ3) is 3.26. The van der Waals surface area contributed by atoms with Crippen LogP contribution in [-0.2, 0) is 10.0 Å². The quantitative estimate of drug-likeness (QED) is 0.584. The largest absolute Gasteiger partial charge is 0.228 e. The van der Waals surface area contributed by atoms with Gasteiger partial charge in [0.25, 0.3) is 0 Å². The van der Waals surface area contributed by atoms with Crippen molar-refractivity contribution in [3.05, 3.63) is 12.7 Å². The van der Waals surface area contributed by atoms with Crippen molar-refractivity contribution in [2.75, 3.05) is 0 Å². The smallest absolute Gasteiger partial charge is 0.211 e. The van der Waals surface area contributed by atoms with Crippen molar-refractivity contribution in [1.82, 2.24) is 0 Å². The van der Waals surface area contributed by atoms with Gasteiger partial charge in [0.1, 0.15) is 0 Å². The summed E-state index contributed by atoms with van der Waals surface area (Å²) >= 11 is 0. The summed E-state index contributed by atoms with van der Waals surface area (Å²) < 4.78 is 20.9. The summed E-state index contributed by atoms with van der Waals surface area (Å²) in [4.78, 5) is 0. The third-order valence-electron chi connectivity index (χ3n) is 1.06. The Kier molecular flexibility index (Phi) is 2.87. The zero-order valence-corrected chi connectivity index (χ0v) is 6.19. The molecule has 0 unspecified atom stereocenters. The zero-order valence-electron chi connectivity index (χ0n) is 5.37. The van der Waals surface area contributed by atoms with Gasteiger partial charge >= 0.3 is 0 Å². The molecule has 0 aromatic carbocycles. The Morgan fingerprint density at radius 3 is 2.33 bits per heavy atom. The van der Waals surface area contributed by atoms with E-state index in [2.05, 4.69) is 6.58 Å². The van der Waals surface area contributed by atoms with Crippen molar-refractivity contribution < 1.29 is 8.42 Å². The highest BCUT2D eigenvalue weighted by Gasteiger charge is 2.12. The van der Waals surface area contributed by atoms with Gasteiger partial charge in [0.2, 0.25) is 10.0 Å². The van der Waals surface area contributed by atoms with Crippen LogP contribution in [0.1, 0.15) is 13.3 Å². The molecule has 0 aromatic heterocycles. The lowest BCUT2D eigenvalue weighted by atomic mass is 10.3. The average Bonchev–Trinajstić information content (AvgIpc) is 1.64. The molecule has 0 rings (SSSR count). The molecular weight excluding hydrogens is 138 g/mol. The molecule has 0 amide bonds. The van der Waals surface area contributed by atoms with Crippen molar-refractivity contribution >= 4 is 10.0 Å². The SMILES string of the molecule is C=CC[C@H](C)S(N)(=O)=O. The van der Waals surface area contributed by atoms with E-state index in [1.165, 1.54) is 6.08 Å². The first-order chi connectivity index (χ1) is 3.98. The van der Waals surface area contributed by atoms with Crippen LogP contribution in [0, 0.1) is 0 Å². The summed E-state index contributed by atoms with van der Waals surface area (Å²) in [6, 6.07) is 0. The fraction of sp³-hybridized carbons (Fsp3) is 0.600. The van der Waals surface area contributed by atoms with Crippen LogP contribution in [0.5, 0.6) is 0 Å². The molecule has 1 atom stereocenters. The molecule has 0 fully saturated rings. The lowest BCUT2D eigenvalue weighted by Crippen LogP contribution is -2.24. The molecule has 0 spiro atoms. The van der Waals surface area contributed by atoms with Gasteiger partial charge in [-0.1, -0.05) is 6.08 Å². The van der Waals surface area contributed by atoms with Gasteiger partial charge in [-0.3, -0.25) is 0 Å². The monoisotopic (exact) mass is 149 g/mol. The average molecular weight is 149 g/mol. The Bertz CT molecular complexity index is 183. The molecule has 0 aliphatic rings. The standard InChI is InChI=1S/C5H11NO2S/c1-3-4-5(2)9(6,7)8/h3,5H,1,4H2,2H3,(H2,6,7,8)/t5-/m0/s1. The predicted molar refractivity (Wildman–Crippen MR) is 37.4 cm³/mol. The number of nitrogens with two attached hydrogens (primary N) is 1. The van der Waals surface area contributed by atoms with E-state index in [-0.39, 0.29) is 0 Å². The van der Waals surface area contributed by atoms with Gasteiger partial charge < -0.3 is 0 Å². The molecule has 4 heteroatoms. The van der Waals surface area contributed by atoms with Crippen LogP contribution in [0.4, 0.5) is 0 Å². The normalized spacial score (nSPS) is 14.9. The molecule has 3 nitrogen and oxygen atoms in total. The predicted octanol–water partition coefficient (Wildman–Crippen LogP) is 0.240. The van der Waals surface area contributed by atoms with Crippen LogP contribution in [0.15, 0.2) is 12.7 Å². The van der Waals surface area contributed by atoms with E-state index in [1.807, 2.05) is 0 Å². The van der Waals surface area contributed by atoms with E-state index in [9.17, 15) is 8.42 Å². The molecule has 0 saturated carbocycles. The van der Waals surface area contributed by atoms with Crippen LogP contribution >= 0.6 is 0 Å². The molecule has 0 radical (unpaired) electrons. The number of sulfonamides is 1. The van der Waals surface area contributed by atoms with E-state index < -0.39 is 15.3 Å².